The Labute approximate surface area is 163 Å². The number of non-ortho nitro benzene ring substituents is 1. The van der Waals surface area contributed by atoms with Gasteiger partial charge in [-0.15, -0.1) is 0 Å². The molecule has 1 aromatic carbocycles. The van der Waals surface area contributed by atoms with E-state index in [0.717, 1.165) is 23.2 Å². The summed E-state index contributed by atoms with van der Waals surface area (Å²) in [6.07, 6.45) is 4.43. The van der Waals surface area contributed by atoms with Crippen LogP contribution in [-0.4, -0.2) is 25.9 Å². The molecule has 0 aliphatic carbocycles. The molecule has 8 heteroatoms. The minimum atomic E-state index is -0.408. The van der Waals surface area contributed by atoms with Gasteiger partial charge in [0.2, 0.25) is 5.95 Å². The zero-order valence-electron chi connectivity index (χ0n) is 15.8. The molecule has 0 saturated carbocycles. The van der Waals surface area contributed by atoms with Gasteiger partial charge in [-0.2, -0.15) is 4.98 Å². The zero-order valence-corrected chi connectivity index (χ0v) is 15.8. The highest BCUT2D eigenvalue weighted by atomic mass is 16.6. The summed E-state index contributed by atoms with van der Waals surface area (Å²) in [7, 11) is 0. The van der Waals surface area contributed by atoms with Crippen molar-refractivity contribution in [1.82, 2.24) is 15.0 Å². The average molecular weight is 378 g/mol. The van der Waals surface area contributed by atoms with Crippen molar-refractivity contribution in [2.24, 2.45) is 0 Å². The topological polar surface area (TPSA) is 106 Å². The summed E-state index contributed by atoms with van der Waals surface area (Å²) in [5.41, 5.74) is 2.66. The van der Waals surface area contributed by atoms with Gasteiger partial charge in [-0.05, 0) is 31.0 Å². The van der Waals surface area contributed by atoms with Crippen molar-refractivity contribution in [3.8, 4) is 11.3 Å². The minimum Gasteiger partial charge on any atom is -0.366 e. The molecule has 0 unspecified atom stereocenters. The molecule has 28 heavy (non-hydrogen) atoms. The highest BCUT2D eigenvalue weighted by Gasteiger charge is 2.10. The van der Waals surface area contributed by atoms with Crippen LogP contribution in [-0.2, 0) is 6.54 Å². The smallest absolute Gasteiger partial charge is 0.269 e. The molecule has 3 aromatic rings. The number of nitro benzene ring substituents is 1. The Kier molecular flexibility index (Phi) is 6.11. The molecule has 0 saturated heterocycles. The first kappa shape index (κ1) is 19.2. The van der Waals surface area contributed by atoms with Crippen LogP contribution < -0.4 is 10.6 Å². The van der Waals surface area contributed by atoms with E-state index < -0.39 is 4.92 Å². The lowest BCUT2D eigenvalue weighted by molar-refractivity contribution is -0.384. The number of pyridine rings is 1. The van der Waals surface area contributed by atoms with Crippen molar-refractivity contribution in [3.05, 3.63) is 70.5 Å². The number of nitrogens with one attached hydrogen (secondary N) is 2. The first-order valence-electron chi connectivity index (χ1n) is 9.08. The van der Waals surface area contributed by atoms with E-state index >= 15 is 0 Å². The Morgan fingerprint density at radius 1 is 1.18 bits per heavy atom. The first-order chi connectivity index (χ1) is 13.5. The molecule has 8 nitrogen and oxygen atoms in total. The maximum atomic E-state index is 10.8. The number of hydrogen-bond acceptors (Lipinski definition) is 7. The lowest BCUT2D eigenvalue weighted by Gasteiger charge is -2.14. The van der Waals surface area contributed by atoms with Gasteiger partial charge in [-0.25, -0.2) is 4.98 Å². The highest BCUT2D eigenvalue weighted by Crippen LogP contribution is 2.22. The Morgan fingerprint density at radius 3 is 2.61 bits per heavy atom. The lowest BCUT2D eigenvalue weighted by atomic mass is 10.2. The molecule has 0 bridgehead atoms. The molecule has 0 aliphatic rings. The van der Waals surface area contributed by atoms with Crippen LogP contribution in [0.2, 0.25) is 0 Å². The van der Waals surface area contributed by atoms with Gasteiger partial charge >= 0.3 is 0 Å². The number of anilines is 2. The molecule has 0 radical (unpaired) electrons. The van der Waals surface area contributed by atoms with Gasteiger partial charge in [0.05, 0.1) is 10.6 Å². The summed E-state index contributed by atoms with van der Waals surface area (Å²) in [5.74, 6) is 1.21. The van der Waals surface area contributed by atoms with E-state index in [0.29, 0.717) is 18.3 Å². The molecule has 1 atom stereocenters. The molecule has 0 fully saturated rings. The molecule has 2 N–H and O–H groups in total. The van der Waals surface area contributed by atoms with Crippen molar-refractivity contribution < 1.29 is 4.92 Å². The number of rotatable bonds is 8. The quantitative estimate of drug-likeness (QED) is 0.445. The summed E-state index contributed by atoms with van der Waals surface area (Å²) in [4.78, 5) is 23.7. The molecular formula is C20H22N6O2. The van der Waals surface area contributed by atoms with E-state index in [4.69, 9.17) is 0 Å². The summed E-state index contributed by atoms with van der Waals surface area (Å²) < 4.78 is 0. The Morgan fingerprint density at radius 2 is 1.96 bits per heavy atom. The largest absolute Gasteiger partial charge is 0.366 e. The van der Waals surface area contributed by atoms with Crippen LogP contribution in [0.25, 0.3) is 11.3 Å². The van der Waals surface area contributed by atoms with Crippen LogP contribution in [0.4, 0.5) is 17.5 Å². The fourth-order valence-electron chi connectivity index (χ4n) is 2.52. The monoisotopic (exact) mass is 378 g/mol. The SMILES string of the molecule is CC[C@@H](C)Nc1nc(NCc2ccc([N+](=O)[O-])cc2)cc(-c2cccnc2)n1. The van der Waals surface area contributed by atoms with Crippen LogP contribution in [0.1, 0.15) is 25.8 Å². The third-order valence-corrected chi connectivity index (χ3v) is 4.29. The second-order valence-corrected chi connectivity index (χ2v) is 6.43. The molecule has 0 aliphatic heterocycles. The van der Waals surface area contributed by atoms with Crippen LogP contribution in [0.5, 0.6) is 0 Å². The summed E-state index contributed by atoms with van der Waals surface area (Å²) >= 11 is 0. The van der Waals surface area contributed by atoms with Gasteiger partial charge in [-0.1, -0.05) is 19.1 Å². The van der Waals surface area contributed by atoms with Gasteiger partial charge < -0.3 is 10.6 Å². The van der Waals surface area contributed by atoms with Crippen LogP contribution in [0.3, 0.4) is 0 Å². The summed E-state index contributed by atoms with van der Waals surface area (Å²) in [5, 5.41) is 17.3. The number of benzene rings is 1. The molecule has 2 heterocycles. The molecule has 2 aromatic heterocycles. The highest BCUT2D eigenvalue weighted by molar-refractivity contribution is 5.63. The van der Waals surface area contributed by atoms with Crippen LogP contribution in [0.15, 0.2) is 54.9 Å². The van der Waals surface area contributed by atoms with Crippen molar-refractivity contribution in [2.45, 2.75) is 32.9 Å². The van der Waals surface area contributed by atoms with Crippen molar-refractivity contribution in [2.75, 3.05) is 10.6 Å². The van der Waals surface area contributed by atoms with Crippen molar-refractivity contribution >= 4 is 17.5 Å². The Bertz CT molecular complexity index is 931. The number of hydrogen-bond donors (Lipinski definition) is 2. The maximum Gasteiger partial charge on any atom is 0.269 e. The standard InChI is InChI=1S/C20H22N6O2/c1-3-14(2)23-20-24-18(16-5-4-10-21-13-16)11-19(25-20)22-12-15-6-8-17(9-7-15)26(27)28/h4-11,13-14H,3,12H2,1-2H3,(H2,22,23,24,25)/t14-/m1/s1. The van der Waals surface area contributed by atoms with E-state index in [1.807, 2.05) is 18.2 Å². The average Bonchev–Trinajstić information content (AvgIpc) is 2.73. The van der Waals surface area contributed by atoms with E-state index in [1.54, 1.807) is 24.5 Å². The molecule has 0 amide bonds. The first-order valence-corrected chi connectivity index (χ1v) is 9.08. The van der Waals surface area contributed by atoms with Crippen molar-refractivity contribution in [3.63, 3.8) is 0 Å². The van der Waals surface area contributed by atoms with Gasteiger partial charge in [0.15, 0.2) is 0 Å². The second-order valence-electron chi connectivity index (χ2n) is 6.43. The summed E-state index contributed by atoms with van der Waals surface area (Å²) in [6, 6.07) is 12.4. The van der Waals surface area contributed by atoms with Crippen LogP contribution in [0, 0.1) is 10.1 Å². The fraction of sp³-hybridized carbons (Fsp3) is 0.250. The van der Waals surface area contributed by atoms with Gasteiger partial charge in [0.1, 0.15) is 5.82 Å². The normalized spacial score (nSPS) is 11.6. The number of nitrogens with zero attached hydrogens (tertiary/aromatic N) is 4. The Balaban J connectivity index is 1.82. The molecule has 3 rings (SSSR count). The second kappa shape index (κ2) is 8.90. The molecular weight excluding hydrogens is 356 g/mol. The number of nitro groups is 1. The third-order valence-electron chi connectivity index (χ3n) is 4.29. The van der Waals surface area contributed by atoms with Crippen LogP contribution >= 0.6 is 0 Å². The van der Waals surface area contributed by atoms with Gasteiger partial charge in [0, 0.05) is 48.7 Å². The van der Waals surface area contributed by atoms with E-state index in [2.05, 4.69) is 39.4 Å². The minimum absolute atomic E-state index is 0.0738. The van der Waals surface area contributed by atoms with Crippen molar-refractivity contribution in [1.29, 1.82) is 0 Å². The predicted molar refractivity (Wildman–Crippen MR) is 109 cm³/mol. The molecule has 0 spiro atoms. The Hall–Kier alpha value is -3.55. The third kappa shape index (κ3) is 5.00. The molecule has 144 valence electrons. The van der Waals surface area contributed by atoms with Gasteiger partial charge in [0.25, 0.3) is 5.69 Å². The van der Waals surface area contributed by atoms with E-state index in [-0.39, 0.29) is 11.7 Å². The zero-order chi connectivity index (χ0) is 19.9. The number of aromatic nitrogens is 3. The van der Waals surface area contributed by atoms with E-state index in [9.17, 15) is 10.1 Å². The fourth-order valence-corrected chi connectivity index (χ4v) is 2.52. The summed E-state index contributed by atoms with van der Waals surface area (Å²) in [6.45, 7) is 4.66. The predicted octanol–water partition coefficient (Wildman–Crippen LogP) is 4.27. The lowest BCUT2D eigenvalue weighted by Crippen LogP contribution is -2.16. The van der Waals surface area contributed by atoms with Gasteiger partial charge in [-0.3, -0.25) is 15.1 Å². The van der Waals surface area contributed by atoms with E-state index in [1.165, 1.54) is 12.1 Å². The maximum absolute atomic E-state index is 10.8.